The van der Waals surface area contributed by atoms with Crippen LogP contribution in [-0.2, 0) is 17.9 Å². The quantitative estimate of drug-likeness (QED) is 0.477. The summed E-state index contributed by atoms with van der Waals surface area (Å²) in [6.45, 7) is 2.02. The summed E-state index contributed by atoms with van der Waals surface area (Å²) in [5, 5.41) is 12.7. The van der Waals surface area contributed by atoms with E-state index in [0.717, 1.165) is 10.1 Å². The van der Waals surface area contributed by atoms with Crippen LogP contribution in [0.4, 0.5) is 11.6 Å². The molecule has 4 rings (SSSR count). The number of nitrogens with one attached hydrogen (secondary N) is 1. The van der Waals surface area contributed by atoms with Gasteiger partial charge in [-0.2, -0.15) is 4.98 Å². The molecular formula is C22H21Cl2N5O5. The Bertz CT molecular complexity index is 1330. The van der Waals surface area contributed by atoms with Crippen LogP contribution in [0.3, 0.4) is 0 Å². The fraction of sp³-hybridized carbons (Fsp3) is 0.318. The number of aliphatic carboxylic acids is 1. The first-order valence-electron chi connectivity index (χ1n) is 10.5. The Morgan fingerprint density at radius 2 is 1.91 bits per heavy atom. The molecule has 1 saturated carbocycles. The summed E-state index contributed by atoms with van der Waals surface area (Å²) in [7, 11) is 0. The van der Waals surface area contributed by atoms with Crippen molar-refractivity contribution in [3.63, 3.8) is 0 Å². The molecule has 1 fully saturated rings. The average molecular weight is 506 g/mol. The highest BCUT2D eigenvalue weighted by Gasteiger charge is 2.36. The lowest BCUT2D eigenvalue weighted by Crippen LogP contribution is -2.42. The van der Waals surface area contributed by atoms with Gasteiger partial charge in [0, 0.05) is 11.6 Å². The number of benzene rings is 1. The largest absolute Gasteiger partial charge is 0.481 e. The van der Waals surface area contributed by atoms with E-state index in [1.54, 1.807) is 31.2 Å². The van der Waals surface area contributed by atoms with Crippen molar-refractivity contribution in [3.05, 3.63) is 73.1 Å². The van der Waals surface area contributed by atoms with E-state index in [-0.39, 0.29) is 36.0 Å². The fourth-order valence-corrected chi connectivity index (χ4v) is 3.88. The number of carboxylic acids is 1. The number of pyridine rings is 1. The number of rotatable bonds is 8. The van der Waals surface area contributed by atoms with Crippen LogP contribution < -0.4 is 21.4 Å². The van der Waals surface area contributed by atoms with E-state index in [9.17, 15) is 14.4 Å². The van der Waals surface area contributed by atoms with E-state index >= 15 is 0 Å². The number of hydrogen-bond acceptors (Lipinski definition) is 7. The summed E-state index contributed by atoms with van der Waals surface area (Å²) in [4.78, 5) is 44.5. The lowest BCUT2D eigenvalue weighted by atomic mass is 9.82. The summed E-state index contributed by atoms with van der Waals surface area (Å²) in [6.07, 6.45) is 1.94. The van der Waals surface area contributed by atoms with Gasteiger partial charge in [0.05, 0.1) is 24.3 Å². The van der Waals surface area contributed by atoms with Gasteiger partial charge in [0.1, 0.15) is 11.1 Å². The third-order valence-corrected chi connectivity index (χ3v) is 6.03. The highest BCUT2D eigenvalue weighted by molar-refractivity contribution is 6.32. The van der Waals surface area contributed by atoms with E-state index < -0.39 is 23.3 Å². The van der Waals surface area contributed by atoms with Crippen LogP contribution in [0.25, 0.3) is 0 Å². The van der Waals surface area contributed by atoms with Gasteiger partial charge in [0.2, 0.25) is 11.8 Å². The molecule has 0 unspecified atom stereocenters. The molecule has 2 heterocycles. The monoisotopic (exact) mass is 505 g/mol. The maximum atomic E-state index is 13.0. The first-order valence-corrected chi connectivity index (χ1v) is 11.3. The molecule has 0 atom stereocenters. The molecule has 1 aliphatic carbocycles. The van der Waals surface area contributed by atoms with Gasteiger partial charge in [-0.3, -0.25) is 9.36 Å². The third-order valence-electron chi connectivity index (χ3n) is 5.51. The van der Waals surface area contributed by atoms with E-state index in [1.165, 1.54) is 16.8 Å². The smallest absolute Gasteiger partial charge is 0.354 e. The predicted molar refractivity (Wildman–Crippen MR) is 126 cm³/mol. The van der Waals surface area contributed by atoms with Gasteiger partial charge in [-0.1, -0.05) is 35.3 Å². The second-order valence-corrected chi connectivity index (χ2v) is 8.68. The molecular weight excluding hydrogens is 485 g/mol. The Labute approximate surface area is 203 Å². The molecule has 1 aromatic carbocycles. The molecule has 178 valence electrons. The lowest BCUT2D eigenvalue weighted by molar-refractivity contribution is -0.148. The zero-order valence-electron chi connectivity index (χ0n) is 18.1. The van der Waals surface area contributed by atoms with Crippen LogP contribution in [0.1, 0.15) is 25.3 Å². The van der Waals surface area contributed by atoms with Crippen molar-refractivity contribution in [2.75, 3.05) is 5.32 Å². The molecule has 2 N–H and O–H groups in total. The van der Waals surface area contributed by atoms with Crippen LogP contribution >= 0.6 is 23.2 Å². The van der Waals surface area contributed by atoms with Gasteiger partial charge in [-0.15, -0.1) is 0 Å². The molecule has 1 aliphatic rings. The predicted octanol–water partition coefficient (Wildman–Crippen LogP) is 3.16. The molecule has 0 saturated heterocycles. The minimum absolute atomic E-state index is 0.0319. The molecule has 12 heteroatoms. The minimum atomic E-state index is -0.847. The molecule has 0 radical (unpaired) electrons. The summed E-state index contributed by atoms with van der Waals surface area (Å²) in [5.41, 5.74) is -0.0197. The molecule has 0 bridgehead atoms. The maximum Gasteiger partial charge on any atom is 0.354 e. The fourth-order valence-electron chi connectivity index (χ4n) is 3.54. The number of aromatic nitrogens is 4. The van der Waals surface area contributed by atoms with Gasteiger partial charge in [-0.05, 0) is 43.5 Å². The summed E-state index contributed by atoms with van der Waals surface area (Å²) < 4.78 is 8.05. The van der Waals surface area contributed by atoms with E-state index in [2.05, 4.69) is 15.3 Å². The van der Waals surface area contributed by atoms with Crippen molar-refractivity contribution in [1.82, 2.24) is 19.1 Å². The van der Waals surface area contributed by atoms with Crippen LogP contribution in [-0.4, -0.2) is 36.3 Å². The second kappa shape index (κ2) is 9.86. The number of anilines is 2. The summed E-state index contributed by atoms with van der Waals surface area (Å²) >= 11 is 12.3. The van der Waals surface area contributed by atoms with Gasteiger partial charge in [0.25, 0.3) is 0 Å². The molecule has 0 aliphatic heterocycles. The van der Waals surface area contributed by atoms with E-state index in [0.29, 0.717) is 23.6 Å². The number of hydrogen-bond donors (Lipinski definition) is 2. The van der Waals surface area contributed by atoms with Gasteiger partial charge in [-0.25, -0.2) is 19.1 Å². The third kappa shape index (κ3) is 5.07. The molecule has 34 heavy (non-hydrogen) atoms. The number of carboxylic acid groups (broad SMARTS) is 1. The molecule has 0 spiro atoms. The van der Waals surface area contributed by atoms with Gasteiger partial charge >= 0.3 is 17.3 Å². The lowest BCUT2D eigenvalue weighted by Gasteiger charge is -2.32. The number of ether oxygens (including phenoxy) is 1. The number of carbonyl (C=O) groups is 1. The van der Waals surface area contributed by atoms with E-state index in [4.69, 9.17) is 33.0 Å². The van der Waals surface area contributed by atoms with E-state index in [1.807, 2.05) is 0 Å². The van der Waals surface area contributed by atoms with Crippen molar-refractivity contribution in [2.45, 2.75) is 39.0 Å². The molecule has 2 aromatic heterocycles. The molecule has 0 amide bonds. The van der Waals surface area contributed by atoms with Crippen LogP contribution in [0.5, 0.6) is 5.88 Å². The van der Waals surface area contributed by atoms with Crippen LogP contribution in [0.2, 0.25) is 10.0 Å². The normalized spacial score (nSPS) is 17.1. The molecule has 10 nitrogen and oxygen atoms in total. The maximum absolute atomic E-state index is 13.0. The van der Waals surface area contributed by atoms with Crippen LogP contribution in [0.15, 0.2) is 46.1 Å². The van der Waals surface area contributed by atoms with Crippen molar-refractivity contribution in [2.24, 2.45) is 5.92 Å². The van der Waals surface area contributed by atoms with Gasteiger partial charge in [0.15, 0.2) is 0 Å². The Morgan fingerprint density at radius 3 is 2.53 bits per heavy atom. The first kappa shape index (κ1) is 23.8. The Hall–Kier alpha value is -3.37. The number of nitrogens with zero attached hydrogens (tertiary/aromatic N) is 4. The standard InChI is InChI=1S/C22H21Cl2N5O5/c1-2-28-21(32)27-20(29(22(28)33)11-12-3-5-14(23)6-4-12)26-15-9-17(24)18(25-10-15)34-16-7-13(8-16)19(30)31/h3-6,9-10,13,16H,2,7-8,11H2,1H3,(H,30,31)(H,26,27,32). The first-order chi connectivity index (χ1) is 16.2. The molecule has 3 aromatic rings. The van der Waals surface area contributed by atoms with Gasteiger partial charge < -0.3 is 15.2 Å². The zero-order chi connectivity index (χ0) is 24.4. The SMILES string of the molecule is CCn1c(=O)nc(Nc2cnc(OC3CC(C(=O)O)C3)c(Cl)c2)n(Cc2ccc(Cl)cc2)c1=O. The number of halogens is 2. The van der Waals surface area contributed by atoms with Crippen molar-refractivity contribution in [1.29, 1.82) is 0 Å². The van der Waals surface area contributed by atoms with Crippen molar-refractivity contribution in [3.8, 4) is 5.88 Å². The Morgan fingerprint density at radius 1 is 1.21 bits per heavy atom. The van der Waals surface area contributed by atoms with Crippen molar-refractivity contribution >= 4 is 40.8 Å². The average Bonchev–Trinajstić information content (AvgIpc) is 2.75. The summed E-state index contributed by atoms with van der Waals surface area (Å²) in [6, 6.07) is 8.50. The highest BCUT2D eigenvalue weighted by Crippen LogP contribution is 2.34. The zero-order valence-corrected chi connectivity index (χ0v) is 19.6. The van der Waals surface area contributed by atoms with Crippen molar-refractivity contribution < 1.29 is 14.6 Å². The second-order valence-electron chi connectivity index (χ2n) is 7.84. The topological polar surface area (TPSA) is 128 Å². The summed E-state index contributed by atoms with van der Waals surface area (Å²) in [5.74, 6) is -1.06. The Kier molecular flexibility index (Phi) is 6.90. The highest BCUT2D eigenvalue weighted by atomic mass is 35.5. The Balaban J connectivity index is 1.58. The minimum Gasteiger partial charge on any atom is -0.481 e. The van der Waals surface area contributed by atoms with Crippen LogP contribution in [0, 0.1) is 5.92 Å².